The zero-order valence-corrected chi connectivity index (χ0v) is 12.1. The van der Waals surface area contributed by atoms with Crippen molar-refractivity contribution in [1.29, 1.82) is 0 Å². The van der Waals surface area contributed by atoms with E-state index >= 15 is 0 Å². The van der Waals surface area contributed by atoms with Gasteiger partial charge in [0.15, 0.2) is 5.96 Å². The molecule has 0 aliphatic rings. The van der Waals surface area contributed by atoms with Crippen LogP contribution in [0.1, 0.15) is 11.1 Å². The van der Waals surface area contributed by atoms with Gasteiger partial charge < -0.3 is 10.6 Å². The molecule has 2 rings (SSSR count). The molecule has 0 bridgehead atoms. The standard InChI is InChI=1S/C17H20FN3/c1-19-17(20-11-10-14-6-3-2-4-7-14)21-13-15-8-5-9-16(18)12-15/h2-9,12H,10-11,13H2,1H3,(H2,19,20,21). The van der Waals surface area contributed by atoms with E-state index in [9.17, 15) is 4.39 Å². The van der Waals surface area contributed by atoms with Crippen LogP contribution in [0.15, 0.2) is 59.6 Å². The largest absolute Gasteiger partial charge is 0.356 e. The van der Waals surface area contributed by atoms with Crippen LogP contribution in [0.4, 0.5) is 4.39 Å². The van der Waals surface area contributed by atoms with Gasteiger partial charge in [0.2, 0.25) is 0 Å². The lowest BCUT2D eigenvalue weighted by Crippen LogP contribution is -2.37. The van der Waals surface area contributed by atoms with Crippen molar-refractivity contribution in [3.8, 4) is 0 Å². The molecule has 0 aliphatic heterocycles. The number of rotatable bonds is 5. The normalized spacial score (nSPS) is 11.2. The van der Waals surface area contributed by atoms with Crippen LogP contribution < -0.4 is 10.6 Å². The number of nitrogens with zero attached hydrogens (tertiary/aromatic N) is 1. The predicted octanol–water partition coefficient (Wildman–Crippen LogP) is 2.73. The zero-order valence-electron chi connectivity index (χ0n) is 12.1. The molecule has 0 saturated heterocycles. The van der Waals surface area contributed by atoms with E-state index in [-0.39, 0.29) is 5.82 Å². The Bertz CT molecular complexity index is 582. The fourth-order valence-electron chi connectivity index (χ4n) is 2.02. The molecule has 0 saturated carbocycles. The first-order valence-electron chi connectivity index (χ1n) is 7.01. The van der Waals surface area contributed by atoms with Gasteiger partial charge in [0, 0.05) is 20.1 Å². The SMILES string of the molecule is CN=C(NCCc1ccccc1)NCc1cccc(F)c1. The van der Waals surface area contributed by atoms with Crippen molar-refractivity contribution in [2.75, 3.05) is 13.6 Å². The minimum atomic E-state index is -0.221. The molecule has 110 valence electrons. The van der Waals surface area contributed by atoms with Crippen molar-refractivity contribution in [2.45, 2.75) is 13.0 Å². The summed E-state index contributed by atoms with van der Waals surface area (Å²) in [4.78, 5) is 4.16. The quantitative estimate of drug-likeness (QED) is 0.654. The summed E-state index contributed by atoms with van der Waals surface area (Å²) in [5, 5.41) is 6.42. The van der Waals surface area contributed by atoms with Gasteiger partial charge in [-0.15, -0.1) is 0 Å². The van der Waals surface area contributed by atoms with Crippen LogP contribution in [-0.4, -0.2) is 19.6 Å². The van der Waals surface area contributed by atoms with Gasteiger partial charge in [0.25, 0.3) is 0 Å². The molecule has 0 aromatic heterocycles. The van der Waals surface area contributed by atoms with Crippen molar-refractivity contribution in [1.82, 2.24) is 10.6 Å². The van der Waals surface area contributed by atoms with Crippen molar-refractivity contribution in [3.63, 3.8) is 0 Å². The zero-order chi connectivity index (χ0) is 14.9. The lowest BCUT2D eigenvalue weighted by molar-refractivity contribution is 0.624. The first kappa shape index (κ1) is 15.0. The van der Waals surface area contributed by atoms with Gasteiger partial charge in [-0.25, -0.2) is 4.39 Å². The molecule has 0 amide bonds. The van der Waals surface area contributed by atoms with E-state index in [1.807, 2.05) is 24.3 Å². The van der Waals surface area contributed by atoms with Crippen molar-refractivity contribution >= 4 is 5.96 Å². The summed E-state index contributed by atoms with van der Waals surface area (Å²) >= 11 is 0. The molecule has 0 aliphatic carbocycles. The van der Waals surface area contributed by atoms with Crippen LogP contribution in [0.2, 0.25) is 0 Å². The van der Waals surface area contributed by atoms with E-state index in [1.165, 1.54) is 17.7 Å². The van der Waals surface area contributed by atoms with Crippen LogP contribution in [0.3, 0.4) is 0 Å². The fourth-order valence-corrected chi connectivity index (χ4v) is 2.02. The Morgan fingerprint density at radius 2 is 1.76 bits per heavy atom. The molecule has 0 spiro atoms. The molecule has 2 aromatic carbocycles. The molecule has 0 unspecified atom stereocenters. The summed E-state index contributed by atoms with van der Waals surface area (Å²) in [6.45, 7) is 1.34. The van der Waals surface area contributed by atoms with E-state index in [0.717, 1.165) is 24.5 Å². The van der Waals surface area contributed by atoms with Gasteiger partial charge in [-0.2, -0.15) is 0 Å². The van der Waals surface area contributed by atoms with E-state index in [0.29, 0.717) is 6.54 Å². The summed E-state index contributed by atoms with van der Waals surface area (Å²) in [7, 11) is 1.73. The second-order valence-electron chi connectivity index (χ2n) is 4.72. The first-order valence-corrected chi connectivity index (χ1v) is 7.01. The number of benzene rings is 2. The van der Waals surface area contributed by atoms with Crippen molar-refractivity contribution < 1.29 is 4.39 Å². The van der Waals surface area contributed by atoms with Crippen LogP contribution in [0, 0.1) is 5.82 Å². The average molecular weight is 285 g/mol. The lowest BCUT2D eigenvalue weighted by Gasteiger charge is -2.12. The van der Waals surface area contributed by atoms with Gasteiger partial charge in [-0.1, -0.05) is 42.5 Å². The maximum absolute atomic E-state index is 13.1. The third-order valence-electron chi connectivity index (χ3n) is 3.12. The Balaban J connectivity index is 1.76. The van der Waals surface area contributed by atoms with Crippen molar-refractivity contribution in [2.24, 2.45) is 4.99 Å². The minimum absolute atomic E-state index is 0.221. The van der Waals surface area contributed by atoms with Crippen LogP contribution in [0.5, 0.6) is 0 Å². The highest BCUT2D eigenvalue weighted by molar-refractivity contribution is 5.79. The Labute approximate surface area is 124 Å². The first-order chi connectivity index (χ1) is 10.3. The molecule has 3 nitrogen and oxygen atoms in total. The van der Waals surface area contributed by atoms with Crippen LogP contribution in [0.25, 0.3) is 0 Å². The summed E-state index contributed by atoms with van der Waals surface area (Å²) < 4.78 is 13.1. The molecule has 0 fully saturated rings. The van der Waals surface area contributed by atoms with E-state index < -0.39 is 0 Å². The van der Waals surface area contributed by atoms with E-state index in [2.05, 4.69) is 27.8 Å². The molecule has 0 heterocycles. The Kier molecular flexibility index (Phi) is 5.76. The van der Waals surface area contributed by atoms with E-state index in [1.54, 1.807) is 13.1 Å². The molecule has 0 radical (unpaired) electrons. The number of nitrogens with one attached hydrogen (secondary N) is 2. The molecule has 2 N–H and O–H groups in total. The number of hydrogen-bond donors (Lipinski definition) is 2. The second kappa shape index (κ2) is 8.04. The van der Waals surface area contributed by atoms with Gasteiger partial charge in [-0.05, 0) is 29.7 Å². The maximum Gasteiger partial charge on any atom is 0.191 e. The fraction of sp³-hybridized carbons (Fsp3) is 0.235. The molecule has 4 heteroatoms. The Morgan fingerprint density at radius 1 is 1.00 bits per heavy atom. The molecule has 2 aromatic rings. The highest BCUT2D eigenvalue weighted by Gasteiger charge is 1.99. The van der Waals surface area contributed by atoms with Gasteiger partial charge >= 0.3 is 0 Å². The van der Waals surface area contributed by atoms with Crippen molar-refractivity contribution in [3.05, 3.63) is 71.5 Å². The summed E-state index contributed by atoms with van der Waals surface area (Å²) in [6.07, 6.45) is 0.932. The Morgan fingerprint density at radius 3 is 2.48 bits per heavy atom. The summed E-state index contributed by atoms with van der Waals surface area (Å²) in [5.41, 5.74) is 2.17. The smallest absolute Gasteiger partial charge is 0.191 e. The van der Waals surface area contributed by atoms with Crippen LogP contribution >= 0.6 is 0 Å². The summed E-state index contributed by atoms with van der Waals surface area (Å²) in [6, 6.07) is 16.8. The lowest BCUT2D eigenvalue weighted by atomic mass is 10.1. The second-order valence-corrected chi connectivity index (χ2v) is 4.72. The number of hydrogen-bond acceptors (Lipinski definition) is 1. The molecule has 21 heavy (non-hydrogen) atoms. The van der Waals surface area contributed by atoms with Gasteiger partial charge in [0.1, 0.15) is 5.82 Å². The highest BCUT2D eigenvalue weighted by atomic mass is 19.1. The maximum atomic E-state index is 13.1. The Hall–Kier alpha value is -2.36. The highest BCUT2D eigenvalue weighted by Crippen LogP contribution is 2.02. The summed E-state index contributed by atoms with van der Waals surface area (Å²) in [5.74, 6) is 0.497. The van der Waals surface area contributed by atoms with Crippen LogP contribution in [-0.2, 0) is 13.0 Å². The monoisotopic (exact) mass is 285 g/mol. The predicted molar refractivity (Wildman–Crippen MR) is 84.7 cm³/mol. The topological polar surface area (TPSA) is 36.4 Å². The average Bonchev–Trinajstić information content (AvgIpc) is 2.52. The molecule has 0 atom stereocenters. The molecular weight excluding hydrogens is 265 g/mol. The minimum Gasteiger partial charge on any atom is -0.356 e. The third kappa shape index (κ3) is 5.26. The third-order valence-corrected chi connectivity index (χ3v) is 3.12. The van der Waals surface area contributed by atoms with Gasteiger partial charge in [-0.3, -0.25) is 4.99 Å². The van der Waals surface area contributed by atoms with Gasteiger partial charge in [0.05, 0.1) is 0 Å². The van der Waals surface area contributed by atoms with E-state index in [4.69, 9.17) is 0 Å². The number of halogens is 1. The molecular formula is C17H20FN3. The number of guanidine groups is 1. The number of aliphatic imine (C=N–C) groups is 1.